The van der Waals surface area contributed by atoms with Gasteiger partial charge in [0.15, 0.2) is 0 Å². The first-order valence-electron chi connectivity index (χ1n) is 7.01. The smallest absolute Gasteiger partial charge is 0.275 e. The van der Waals surface area contributed by atoms with Gasteiger partial charge in [0.1, 0.15) is 5.75 Å². The van der Waals surface area contributed by atoms with Crippen molar-refractivity contribution in [1.82, 2.24) is 5.43 Å². The average Bonchev–Trinajstić information content (AvgIpc) is 2.53. The van der Waals surface area contributed by atoms with Crippen LogP contribution in [-0.2, 0) is 0 Å². The van der Waals surface area contributed by atoms with Crippen LogP contribution in [0.4, 0.5) is 0 Å². The van der Waals surface area contributed by atoms with Crippen LogP contribution in [0.5, 0.6) is 5.75 Å². The molecule has 0 spiro atoms. The molecule has 0 fully saturated rings. The van der Waals surface area contributed by atoms with E-state index in [1.54, 1.807) is 36.5 Å². The number of hydrazone groups is 1. The summed E-state index contributed by atoms with van der Waals surface area (Å²) in [6, 6.07) is 14.3. The van der Waals surface area contributed by atoms with E-state index < -0.39 is 0 Å². The zero-order chi connectivity index (χ0) is 15.8. The van der Waals surface area contributed by atoms with Crippen LogP contribution >= 0.6 is 11.6 Å². The molecule has 0 unspecified atom stereocenters. The molecule has 0 aliphatic rings. The second kappa shape index (κ2) is 8.20. The quantitative estimate of drug-likeness (QED) is 0.649. The van der Waals surface area contributed by atoms with Gasteiger partial charge in [0.2, 0.25) is 0 Å². The third-order valence-electron chi connectivity index (χ3n) is 2.82. The monoisotopic (exact) mass is 316 g/mol. The molecule has 114 valence electrons. The Morgan fingerprint density at radius 1 is 1.27 bits per heavy atom. The van der Waals surface area contributed by atoms with Gasteiger partial charge in [-0.15, -0.1) is 0 Å². The summed E-state index contributed by atoms with van der Waals surface area (Å²) in [6.07, 6.45) is 2.42. The summed E-state index contributed by atoms with van der Waals surface area (Å²) >= 11 is 5.89. The van der Waals surface area contributed by atoms with E-state index in [-0.39, 0.29) is 5.91 Å². The molecule has 0 bridgehead atoms. The second-order valence-corrected chi connectivity index (χ2v) is 5.04. The van der Waals surface area contributed by atoms with Gasteiger partial charge in [-0.1, -0.05) is 42.8 Å². The van der Waals surface area contributed by atoms with Gasteiger partial charge in [0, 0.05) is 5.02 Å². The topological polar surface area (TPSA) is 50.7 Å². The Hall–Kier alpha value is -2.33. The van der Waals surface area contributed by atoms with E-state index in [1.807, 2.05) is 25.1 Å². The minimum absolute atomic E-state index is 0.315. The molecule has 1 amide bonds. The van der Waals surface area contributed by atoms with Crippen molar-refractivity contribution in [2.45, 2.75) is 13.3 Å². The fourth-order valence-electron chi connectivity index (χ4n) is 1.80. The van der Waals surface area contributed by atoms with Crippen LogP contribution in [0.2, 0.25) is 5.02 Å². The van der Waals surface area contributed by atoms with Crippen molar-refractivity contribution in [3.8, 4) is 5.75 Å². The summed E-state index contributed by atoms with van der Waals surface area (Å²) in [7, 11) is 0. The molecule has 0 saturated carbocycles. The van der Waals surface area contributed by atoms with E-state index in [0.717, 1.165) is 12.0 Å². The summed E-state index contributed by atoms with van der Waals surface area (Å²) in [5.74, 6) is 0.241. The fourth-order valence-corrected chi connectivity index (χ4v) is 2.00. The van der Waals surface area contributed by atoms with Crippen LogP contribution < -0.4 is 10.2 Å². The predicted octanol–water partition coefficient (Wildman–Crippen LogP) is 3.89. The van der Waals surface area contributed by atoms with Crippen molar-refractivity contribution < 1.29 is 9.53 Å². The maximum atomic E-state index is 12.2. The van der Waals surface area contributed by atoms with E-state index >= 15 is 0 Å². The number of carbonyl (C=O) groups is 1. The highest BCUT2D eigenvalue weighted by atomic mass is 35.5. The van der Waals surface area contributed by atoms with E-state index in [9.17, 15) is 4.79 Å². The number of hydrogen-bond acceptors (Lipinski definition) is 3. The van der Waals surface area contributed by atoms with Gasteiger partial charge in [-0.05, 0) is 36.2 Å². The first kappa shape index (κ1) is 16.0. The van der Waals surface area contributed by atoms with Crippen LogP contribution in [0.3, 0.4) is 0 Å². The molecule has 0 aliphatic heterocycles. The zero-order valence-electron chi connectivity index (χ0n) is 12.3. The number of amides is 1. The lowest BCUT2D eigenvalue weighted by Gasteiger charge is -2.09. The van der Waals surface area contributed by atoms with Crippen molar-refractivity contribution in [3.63, 3.8) is 0 Å². The summed E-state index contributed by atoms with van der Waals surface area (Å²) in [5, 5.41) is 4.56. The maximum Gasteiger partial charge on any atom is 0.275 e. The number of rotatable bonds is 6. The summed E-state index contributed by atoms with van der Waals surface area (Å²) in [4.78, 5) is 12.2. The number of carbonyl (C=O) groups excluding carboxylic acids is 1. The lowest BCUT2D eigenvalue weighted by molar-refractivity contribution is 0.0951. The molecule has 2 rings (SSSR count). The Kier molecular flexibility index (Phi) is 5.98. The number of nitrogens with one attached hydrogen (secondary N) is 1. The van der Waals surface area contributed by atoms with Gasteiger partial charge in [-0.2, -0.15) is 5.10 Å². The summed E-state index contributed by atoms with van der Waals surface area (Å²) in [5.41, 5.74) is 3.76. The van der Waals surface area contributed by atoms with E-state index in [1.165, 1.54) is 0 Å². The molecule has 0 aliphatic carbocycles. The first-order valence-corrected chi connectivity index (χ1v) is 7.39. The molecular formula is C17H17ClN2O2. The fraction of sp³-hybridized carbons (Fsp3) is 0.176. The number of halogens is 1. The van der Waals surface area contributed by atoms with Gasteiger partial charge < -0.3 is 4.74 Å². The SMILES string of the molecule is CCCOc1ccccc1C(=O)N/N=C/c1cccc(Cl)c1. The Morgan fingerprint density at radius 3 is 2.86 bits per heavy atom. The standard InChI is InChI=1S/C17H17ClN2O2/c1-2-10-22-16-9-4-3-8-15(16)17(21)20-19-12-13-6-5-7-14(18)11-13/h3-9,11-12H,2,10H2,1H3,(H,20,21)/b19-12+. The van der Waals surface area contributed by atoms with Gasteiger partial charge in [0.25, 0.3) is 5.91 Å². The second-order valence-electron chi connectivity index (χ2n) is 4.60. The van der Waals surface area contributed by atoms with Crippen LogP contribution in [-0.4, -0.2) is 18.7 Å². The third-order valence-corrected chi connectivity index (χ3v) is 3.06. The largest absolute Gasteiger partial charge is 0.493 e. The Morgan fingerprint density at radius 2 is 2.09 bits per heavy atom. The lowest BCUT2D eigenvalue weighted by Crippen LogP contribution is -2.18. The van der Waals surface area contributed by atoms with Crippen LogP contribution in [0.25, 0.3) is 0 Å². The highest BCUT2D eigenvalue weighted by molar-refractivity contribution is 6.30. The molecule has 0 atom stereocenters. The lowest BCUT2D eigenvalue weighted by atomic mass is 10.2. The minimum atomic E-state index is -0.315. The molecule has 0 heterocycles. The molecular weight excluding hydrogens is 300 g/mol. The van der Waals surface area contributed by atoms with Crippen molar-refractivity contribution in [3.05, 3.63) is 64.7 Å². The van der Waals surface area contributed by atoms with Gasteiger partial charge in [-0.3, -0.25) is 4.79 Å². The zero-order valence-corrected chi connectivity index (χ0v) is 13.0. The molecule has 0 radical (unpaired) electrons. The predicted molar refractivity (Wildman–Crippen MR) is 88.7 cm³/mol. The molecule has 0 saturated heterocycles. The van der Waals surface area contributed by atoms with Gasteiger partial charge in [0.05, 0.1) is 18.4 Å². The van der Waals surface area contributed by atoms with Crippen molar-refractivity contribution in [1.29, 1.82) is 0 Å². The number of benzene rings is 2. The molecule has 0 aromatic heterocycles. The highest BCUT2D eigenvalue weighted by Crippen LogP contribution is 2.18. The van der Waals surface area contributed by atoms with E-state index in [4.69, 9.17) is 16.3 Å². The van der Waals surface area contributed by atoms with Crippen molar-refractivity contribution in [2.24, 2.45) is 5.10 Å². The van der Waals surface area contributed by atoms with Crippen molar-refractivity contribution in [2.75, 3.05) is 6.61 Å². The Balaban J connectivity index is 2.03. The number of para-hydroxylation sites is 1. The summed E-state index contributed by atoms with van der Waals surface area (Å²) < 4.78 is 5.56. The van der Waals surface area contributed by atoms with Crippen LogP contribution in [0.15, 0.2) is 53.6 Å². The number of hydrogen-bond donors (Lipinski definition) is 1. The van der Waals surface area contributed by atoms with Gasteiger partial charge in [-0.25, -0.2) is 5.43 Å². The van der Waals surface area contributed by atoms with Crippen LogP contribution in [0.1, 0.15) is 29.3 Å². The molecule has 4 nitrogen and oxygen atoms in total. The average molecular weight is 317 g/mol. The maximum absolute atomic E-state index is 12.2. The van der Waals surface area contributed by atoms with E-state index in [0.29, 0.717) is 22.9 Å². The highest BCUT2D eigenvalue weighted by Gasteiger charge is 2.10. The Bertz CT molecular complexity index is 671. The number of nitrogens with zero attached hydrogens (tertiary/aromatic N) is 1. The van der Waals surface area contributed by atoms with Crippen molar-refractivity contribution >= 4 is 23.7 Å². The number of ether oxygens (including phenoxy) is 1. The minimum Gasteiger partial charge on any atom is -0.493 e. The summed E-state index contributed by atoms with van der Waals surface area (Å²) in [6.45, 7) is 2.58. The third kappa shape index (κ3) is 4.60. The van der Waals surface area contributed by atoms with Crippen LogP contribution in [0, 0.1) is 0 Å². The molecule has 22 heavy (non-hydrogen) atoms. The molecule has 5 heteroatoms. The molecule has 2 aromatic carbocycles. The Labute approximate surface area is 134 Å². The van der Waals surface area contributed by atoms with E-state index in [2.05, 4.69) is 10.5 Å². The molecule has 2 aromatic rings. The molecule has 1 N–H and O–H groups in total. The normalized spacial score (nSPS) is 10.6. The van der Waals surface area contributed by atoms with Gasteiger partial charge >= 0.3 is 0 Å². The first-order chi connectivity index (χ1) is 10.7.